The molecule has 0 spiro atoms. The highest BCUT2D eigenvalue weighted by Crippen LogP contribution is 2.11. The van der Waals surface area contributed by atoms with Crippen molar-refractivity contribution in [2.75, 3.05) is 6.61 Å². The molecule has 1 aromatic rings. The maximum atomic E-state index is 11.4. The minimum Gasteiger partial charge on any atom is -0.481 e. The molecule has 1 aromatic carbocycles. The number of esters is 1. The van der Waals surface area contributed by atoms with Crippen molar-refractivity contribution in [2.24, 2.45) is 0 Å². The number of carboxylic acid groups (broad SMARTS) is 1. The molecule has 0 heterocycles. The fraction of sp³-hybridized carbons (Fsp3) is 0.273. The van der Waals surface area contributed by atoms with Gasteiger partial charge < -0.3 is 9.84 Å². The third-order valence-corrected chi connectivity index (χ3v) is 1.85. The largest absolute Gasteiger partial charge is 0.481 e. The Kier molecular flexibility index (Phi) is 3.85. The zero-order valence-electron chi connectivity index (χ0n) is 8.40. The van der Waals surface area contributed by atoms with Gasteiger partial charge in [0, 0.05) is 0 Å². The number of hydrogen-bond acceptors (Lipinski definition) is 3. The zero-order chi connectivity index (χ0) is 11.3. The molecular weight excluding hydrogens is 196 g/mol. The van der Waals surface area contributed by atoms with Crippen LogP contribution in [0.1, 0.15) is 22.8 Å². The Morgan fingerprint density at radius 1 is 1.33 bits per heavy atom. The van der Waals surface area contributed by atoms with E-state index in [1.807, 2.05) is 0 Å². The molecule has 80 valence electrons. The summed E-state index contributed by atoms with van der Waals surface area (Å²) in [6.07, 6.45) is -0.172. The van der Waals surface area contributed by atoms with Gasteiger partial charge >= 0.3 is 11.9 Å². The van der Waals surface area contributed by atoms with E-state index in [1.165, 1.54) is 0 Å². The van der Waals surface area contributed by atoms with Gasteiger partial charge in [-0.2, -0.15) is 0 Å². The van der Waals surface area contributed by atoms with Crippen molar-refractivity contribution < 1.29 is 19.4 Å². The van der Waals surface area contributed by atoms with Crippen molar-refractivity contribution in [3.63, 3.8) is 0 Å². The van der Waals surface area contributed by atoms with Crippen molar-refractivity contribution in [1.29, 1.82) is 0 Å². The highest BCUT2D eigenvalue weighted by Gasteiger charge is 2.13. The molecule has 0 aliphatic rings. The summed E-state index contributed by atoms with van der Waals surface area (Å²) in [5.74, 6) is -1.44. The molecule has 0 saturated heterocycles. The Hall–Kier alpha value is -1.84. The fourth-order valence-electron chi connectivity index (χ4n) is 1.25. The first-order valence-corrected chi connectivity index (χ1v) is 4.62. The van der Waals surface area contributed by atoms with E-state index in [0.29, 0.717) is 11.1 Å². The number of aliphatic carboxylic acids is 1. The Morgan fingerprint density at radius 3 is 2.60 bits per heavy atom. The predicted molar refractivity (Wildman–Crippen MR) is 53.7 cm³/mol. The zero-order valence-corrected chi connectivity index (χ0v) is 8.40. The van der Waals surface area contributed by atoms with Gasteiger partial charge in [0.1, 0.15) is 0 Å². The maximum Gasteiger partial charge on any atom is 0.338 e. The number of rotatable bonds is 4. The molecule has 0 radical (unpaired) electrons. The molecule has 0 saturated carbocycles. The third-order valence-electron chi connectivity index (χ3n) is 1.85. The molecule has 0 fully saturated rings. The minimum absolute atomic E-state index is 0.172. The number of carbonyl (C=O) groups is 2. The van der Waals surface area contributed by atoms with Crippen molar-refractivity contribution >= 4 is 11.9 Å². The van der Waals surface area contributed by atoms with E-state index in [-0.39, 0.29) is 13.0 Å². The first-order chi connectivity index (χ1) is 7.15. The van der Waals surface area contributed by atoms with Crippen molar-refractivity contribution in [3.8, 4) is 0 Å². The van der Waals surface area contributed by atoms with Crippen LogP contribution >= 0.6 is 0 Å². The molecule has 1 rings (SSSR count). The van der Waals surface area contributed by atoms with E-state index in [2.05, 4.69) is 0 Å². The van der Waals surface area contributed by atoms with Crippen LogP contribution in [0.4, 0.5) is 0 Å². The smallest absolute Gasteiger partial charge is 0.338 e. The van der Waals surface area contributed by atoms with E-state index >= 15 is 0 Å². The predicted octanol–water partition coefficient (Wildman–Crippen LogP) is 1.49. The lowest BCUT2D eigenvalue weighted by Crippen LogP contribution is -2.10. The van der Waals surface area contributed by atoms with Crippen LogP contribution in [0.15, 0.2) is 24.3 Å². The summed E-state index contributed by atoms with van der Waals surface area (Å²) in [6.45, 7) is 1.98. The van der Waals surface area contributed by atoms with Crippen LogP contribution in [0.3, 0.4) is 0 Å². The standard InChI is InChI=1S/C11H12O4/c1-2-15-11(14)9-6-4-3-5-8(9)7-10(12)13/h3-6H,2,7H2,1H3,(H,12,13). The van der Waals surface area contributed by atoms with Gasteiger partial charge in [-0.05, 0) is 18.6 Å². The van der Waals surface area contributed by atoms with Gasteiger partial charge in [0.05, 0.1) is 18.6 Å². The van der Waals surface area contributed by atoms with Crippen LogP contribution in [-0.4, -0.2) is 23.7 Å². The van der Waals surface area contributed by atoms with E-state index in [4.69, 9.17) is 9.84 Å². The molecule has 0 amide bonds. The summed E-state index contributed by atoms with van der Waals surface area (Å²) in [6, 6.07) is 6.55. The van der Waals surface area contributed by atoms with Crippen molar-refractivity contribution in [1.82, 2.24) is 0 Å². The summed E-state index contributed by atoms with van der Waals surface area (Å²) in [5.41, 5.74) is 0.796. The lowest BCUT2D eigenvalue weighted by molar-refractivity contribution is -0.136. The SMILES string of the molecule is CCOC(=O)c1ccccc1CC(=O)O. The van der Waals surface area contributed by atoms with Crippen LogP contribution in [0, 0.1) is 0 Å². The van der Waals surface area contributed by atoms with E-state index in [0.717, 1.165) is 0 Å². The van der Waals surface area contributed by atoms with E-state index in [9.17, 15) is 9.59 Å². The molecule has 0 aliphatic heterocycles. The minimum atomic E-state index is -0.966. The summed E-state index contributed by atoms with van der Waals surface area (Å²) < 4.78 is 4.82. The lowest BCUT2D eigenvalue weighted by Gasteiger charge is -2.06. The fourth-order valence-corrected chi connectivity index (χ4v) is 1.25. The second-order valence-corrected chi connectivity index (χ2v) is 2.95. The second-order valence-electron chi connectivity index (χ2n) is 2.95. The number of benzene rings is 1. The number of carbonyl (C=O) groups excluding carboxylic acids is 1. The average Bonchev–Trinajstić information content (AvgIpc) is 2.18. The molecule has 0 unspecified atom stereocenters. The first kappa shape index (κ1) is 11.2. The van der Waals surface area contributed by atoms with E-state index in [1.54, 1.807) is 31.2 Å². The van der Waals surface area contributed by atoms with Crippen molar-refractivity contribution in [2.45, 2.75) is 13.3 Å². The quantitative estimate of drug-likeness (QED) is 0.761. The molecule has 0 bridgehead atoms. The van der Waals surface area contributed by atoms with Gasteiger partial charge in [-0.25, -0.2) is 4.79 Å². The van der Waals surface area contributed by atoms with Gasteiger partial charge in [-0.3, -0.25) is 4.79 Å². The Labute approximate surface area is 87.5 Å². The summed E-state index contributed by atoms with van der Waals surface area (Å²) in [5, 5.41) is 8.65. The maximum absolute atomic E-state index is 11.4. The van der Waals surface area contributed by atoms with Gasteiger partial charge in [0.2, 0.25) is 0 Å². The summed E-state index contributed by atoms with van der Waals surface area (Å²) in [4.78, 5) is 22.0. The molecule has 1 N–H and O–H groups in total. The third kappa shape index (κ3) is 3.09. The molecular formula is C11H12O4. The molecule has 4 heteroatoms. The molecule has 0 aliphatic carbocycles. The first-order valence-electron chi connectivity index (χ1n) is 4.62. The van der Waals surface area contributed by atoms with Gasteiger partial charge in [0.15, 0.2) is 0 Å². The van der Waals surface area contributed by atoms with Crippen LogP contribution in [0.25, 0.3) is 0 Å². The van der Waals surface area contributed by atoms with Gasteiger partial charge in [0.25, 0.3) is 0 Å². The Bertz CT molecular complexity index is 371. The Balaban J connectivity index is 2.95. The summed E-state index contributed by atoms with van der Waals surface area (Å²) in [7, 11) is 0. The van der Waals surface area contributed by atoms with Crippen LogP contribution < -0.4 is 0 Å². The Morgan fingerprint density at radius 2 is 2.00 bits per heavy atom. The van der Waals surface area contributed by atoms with Crippen LogP contribution in [0.5, 0.6) is 0 Å². The second kappa shape index (κ2) is 5.14. The van der Waals surface area contributed by atoms with Crippen LogP contribution in [0.2, 0.25) is 0 Å². The van der Waals surface area contributed by atoms with E-state index < -0.39 is 11.9 Å². The monoisotopic (exact) mass is 208 g/mol. The van der Waals surface area contributed by atoms with Crippen LogP contribution in [-0.2, 0) is 16.0 Å². The molecule has 4 nitrogen and oxygen atoms in total. The number of hydrogen-bond donors (Lipinski definition) is 1. The molecule has 15 heavy (non-hydrogen) atoms. The van der Waals surface area contributed by atoms with Gasteiger partial charge in [-0.15, -0.1) is 0 Å². The number of ether oxygens (including phenoxy) is 1. The lowest BCUT2D eigenvalue weighted by atomic mass is 10.1. The summed E-state index contributed by atoms with van der Waals surface area (Å²) >= 11 is 0. The normalized spacial score (nSPS) is 9.67. The topological polar surface area (TPSA) is 63.6 Å². The number of carboxylic acids is 1. The molecule has 0 atom stereocenters. The van der Waals surface area contributed by atoms with Crippen molar-refractivity contribution in [3.05, 3.63) is 35.4 Å². The average molecular weight is 208 g/mol. The molecule has 0 aromatic heterocycles. The highest BCUT2D eigenvalue weighted by molar-refractivity contribution is 5.92. The van der Waals surface area contributed by atoms with Gasteiger partial charge in [-0.1, -0.05) is 18.2 Å². The highest BCUT2D eigenvalue weighted by atomic mass is 16.5.